The van der Waals surface area contributed by atoms with Crippen LogP contribution in [0, 0.1) is 0 Å². The predicted molar refractivity (Wildman–Crippen MR) is 78.5 cm³/mol. The molecule has 2 aromatic rings. The Balaban J connectivity index is 2.08. The molecule has 0 unspecified atom stereocenters. The summed E-state index contributed by atoms with van der Waals surface area (Å²) >= 11 is 0. The quantitative estimate of drug-likeness (QED) is 0.679. The molecule has 1 N–H and O–H groups in total. The standard InChI is InChI=1S/C14H14N2O3S/c1-20(17,18)16-15-11-12-6-5-9-14(10-12)19-13-7-3-2-4-8-13/h2-11,16H,1H3/b15-11-. The Kier molecular flexibility index (Phi) is 4.37. The molecular weight excluding hydrogens is 276 g/mol. The number of sulfonamides is 1. The minimum Gasteiger partial charge on any atom is -0.457 e. The van der Waals surface area contributed by atoms with Gasteiger partial charge in [-0.25, -0.2) is 13.2 Å². The predicted octanol–water partition coefficient (Wildman–Crippen LogP) is 2.36. The minimum absolute atomic E-state index is 0.652. The van der Waals surface area contributed by atoms with Crippen molar-refractivity contribution < 1.29 is 13.2 Å². The molecule has 0 amide bonds. The zero-order valence-electron chi connectivity index (χ0n) is 10.9. The summed E-state index contributed by atoms with van der Waals surface area (Å²) in [5, 5.41) is 3.64. The molecule has 0 saturated heterocycles. The van der Waals surface area contributed by atoms with Crippen LogP contribution in [0.2, 0.25) is 0 Å². The molecule has 0 saturated carbocycles. The fourth-order valence-corrected chi connectivity index (χ4v) is 1.72. The molecular formula is C14H14N2O3S. The van der Waals surface area contributed by atoms with Gasteiger partial charge in [-0.1, -0.05) is 30.3 Å². The molecule has 0 aliphatic heterocycles. The lowest BCUT2D eigenvalue weighted by molar-refractivity contribution is 0.482. The Hall–Kier alpha value is -2.34. The summed E-state index contributed by atoms with van der Waals surface area (Å²) in [7, 11) is -3.33. The second kappa shape index (κ2) is 6.21. The summed E-state index contributed by atoms with van der Waals surface area (Å²) in [5.41, 5.74) is 0.731. The lowest BCUT2D eigenvalue weighted by atomic mass is 10.2. The van der Waals surface area contributed by atoms with Crippen LogP contribution < -0.4 is 9.57 Å². The molecule has 0 aliphatic carbocycles. The Morgan fingerprint density at radius 1 is 1.05 bits per heavy atom. The van der Waals surface area contributed by atoms with Gasteiger partial charge in [-0.05, 0) is 29.8 Å². The highest BCUT2D eigenvalue weighted by Gasteiger charge is 1.98. The summed E-state index contributed by atoms with van der Waals surface area (Å²) in [6.07, 6.45) is 2.46. The average Bonchev–Trinajstić information content (AvgIpc) is 2.39. The first-order chi connectivity index (χ1) is 9.53. The van der Waals surface area contributed by atoms with Crippen molar-refractivity contribution in [3.63, 3.8) is 0 Å². The first-order valence-electron chi connectivity index (χ1n) is 5.86. The van der Waals surface area contributed by atoms with Gasteiger partial charge in [0.05, 0.1) is 12.5 Å². The maximum atomic E-state index is 10.9. The lowest BCUT2D eigenvalue weighted by Crippen LogP contribution is -2.15. The van der Waals surface area contributed by atoms with E-state index < -0.39 is 10.0 Å². The van der Waals surface area contributed by atoms with Gasteiger partial charge in [0.15, 0.2) is 0 Å². The fourth-order valence-electron chi connectivity index (χ4n) is 1.48. The molecule has 20 heavy (non-hydrogen) atoms. The van der Waals surface area contributed by atoms with Crippen LogP contribution in [0.1, 0.15) is 5.56 Å². The molecule has 0 spiro atoms. The number of hydrogen-bond donors (Lipinski definition) is 1. The van der Waals surface area contributed by atoms with E-state index in [1.165, 1.54) is 6.21 Å². The van der Waals surface area contributed by atoms with Gasteiger partial charge in [-0.15, -0.1) is 0 Å². The largest absolute Gasteiger partial charge is 0.457 e. The van der Waals surface area contributed by atoms with E-state index in [-0.39, 0.29) is 0 Å². The fraction of sp³-hybridized carbons (Fsp3) is 0.0714. The van der Waals surface area contributed by atoms with Crippen LogP contribution in [0.5, 0.6) is 11.5 Å². The molecule has 104 valence electrons. The zero-order valence-corrected chi connectivity index (χ0v) is 11.7. The third kappa shape index (κ3) is 4.74. The number of benzene rings is 2. The summed E-state index contributed by atoms with van der Waals surface area (Å²) in [5.74, 6) is 1.38. The number of para-hydroxylation sites is 1. The average molecular weight is 290 g/mol. The molecule has 5 nitrogen and oxygen atoms in total. The van der Waals surface area contributed by atoms with Gasteiger partial charge < -0.3 is 4.74 Å². The molecule has 0 fully saturated rings. The second-order valence-corrected chi connectivity index (χ2v) is 5.84. The van der Waals surface area contributed by atoms with Gasteiger partial charge in [0.2, 0.25) is 10.0 Å². The molecule has 0 atom stereocenters. The lowest BCUT2D eigenvalue weighted by Gasteiger charge is -2.05. The Bertz CT molecular complexity index is 697. The van der Waals surface area contributed by atoms with Crippen molar-refractivity contribution in [2.45, 2.75) is 0 Å². The molecule has 2 aromatic carbocycles. The smallest absolute Gasteiger partial charge is 0.244 e. The first-order valence-corrected chi connectivity index (χ1v) is 7.75. The number of nitrogens with zero attached hydrogens (tertiary/aromatic N) is 1. The number of rotatable bonds is 5. The van der Waals surface area contributed by atoms with Gasteiger partial charge in [0.1, 0.15) is 11.5 Å². The molecule has 0 radical (unpaired) electrons. The van der Waals surface area contributed by atoms with Gasteiger partial charge in [-0.2, -0.15) is 5.10 Å². The van der Waals surface area contributed by atoms with Crippen LogP contribution in [-0.2, 0) is 10.0 Å². The maximum Gasteiger partial charge on any atom is 0.244 e. The van der Waals surface area contributed by atoms with E-state index in [4.69, 9.17) is 4.74 Å². The van der Waals surface area contributed by atoms with E-state index in [2.05, 4.69) is 5.10 Å². The summed E-state index contributed by atoms with van der Waals surface area (Å²) < 4.78 is 27.4. The SMILES string of the molecule is CS(=O)(=O)N/N=C\c1cccc(Oc2ccccc2)c1. The topological polar surface area (TPSA) is 67.8 Å². The van der Waals surface area contributed by atoms with E-state index in [9.17, 15) is 8.42 Å². The minimum atomic E-state index is -3.33. The van der Waals surface area contributed by atoms with E-state index in [1.807, 2.05) is 41.2 Å². The molecule has 0 bridgehead atoms. The molecule has 0 heterocycles. The van der Waals surface area contributed by atoms with E-state index in [1.54, 1.807) is 18.2 Å². The van der Waals surface area contributed by atoms with Crippen molar-refractivity contribution in [1.82, 2.24) is 4.83 Å². The normalized spacial score (nSPS) is 11.4. The van der Waals surface area contributed by atoms with Crippen molar-refractivity contribution in [1.29, 1.82) is 0 Å². The highest BCUT2D eigenvalue weighted by Crippen LogP contribution is 2.21. The number of hydrogen-bond acceptors (Lipinski definition) is 4. The van der Waals surface area contributed by atoms with Crippen LogP contribution >= 0.6 is 0 Å². The monoisotopic (exact) mass is 290 g/mol. The van der Waals surface area contributed by atoms with Crippen molar-refractivity contribution in [3.05, 3.63) is 60.2 Å². The van der Waals surface area contributed by atoms with Crippen molar-refractivity contribution in [2.75, 3.05) is 6.26 Å². The third-order valence-corrected chi connectivity index (χ3v) is 2.71. The Labute approximate surface area is 118 Å². The van der Waals surface area contributed by atoms with Crippen LogP contribution in [-0.4, -0.2) is 20.9 Å². The molecule has 0 aliphatic rings. The van der Waals surface area contributed by atoms with E-state index >= 15 is 0 Å². The zero-order chi connectivity index (χ0) is 14.4. The number of hydrazone groups is 1. The van der Waals surface area contributed by atoms with Crippen molar-refractivity contribution in [2.24, 2.45) is 5.10 Å². The third-order valence-electron chi connectivity index (χ3n) is 2.27. The number of nitrogens with one attached hydrogen (secondary N) is 1. The van der Waals surface area contributed by atoms with Crippen molar-refractivity contribution >= 4 is 16.2 Å². The summed E-state index contributed by atoms with van der Waals surface area (Å²) in [6.45, 7) is 0. The first kappa shape index (κ1) is 14.1. The van der Waals surface area contributed by atoms with Crippen LogP contribution in [0.3, 0.4) is 0 Å². The highest BCUT2D eigenvalue weighted by atomic mass is 32.2. The van der Waals surface area contributed by atoms with Gasteiger partial charge >= 0.3 is 0 Å². The Morgan fingerprint density at radius 2 is 1.75 bits per heavy atom. The number of ether oxygens (including phenoxy) is 1. The maximum absolute atomic E-state index is 10.9. The van der Waals surface area contributed by atoms with Crippen LogP contribution in [0.15, 0.2) is 59.7 Å². The van der Waals surface area contributed by atoms with E-state index in [0.717, 1.165) is 17.6 Å². The Morgan fingerprint density at radius 3 is 2.45 bits per heavy atom. The summed E-state index contributed by atoms with van der Waals surface area (Å²) in [4.78, 5) is 2.04. The van der Waals surface area contributed by atoms with Gasteiger partial charge in [0, 0.05) is 0 Å². The molecule has 6 heteroatoms. The molecule has 0 aromatic heterocycles. The highest BCUT2D eigenvalue weighted by molar-refractivity contribution is 7.88. The van der Waals surface area contributed by atoms with Crippen molar-refractivity contribution in [3.8, 4) is 11.5 Å². The molecule has 2 rings (SSSR count). The van der Waals surface area contributed by atoms with Gasteiger partial charge in [-0.3, -0.25) is 0 Å². The summed E-state index contributed by atoms with van der Waals surface area (Å²) in [6, 6.07) is 16.6. The van der Waals surface area contributed by atoms with Crippen LogP contribution in [0.4, 0.5) is 0 Å². The second-order valence-electron chi connectivity index (χ2n) is 4.11. The van der Waals surface area contributed by atoms with Crippen LogP contribution in [0.25, 0.3) is 0 Å². The van der Waals surface area contributed by atoms with Gasteiger partial charge in [0.25, 0.3) is 0 Å². The van der Waals surface area contributed by atoms with E-state index in [0.29, 0.717) is 5.75 Å².